The fraction of sp³-hybridized carbons (Fsp3) is 0.368. The molecule has 0 unspecified atom stereocenters. The largest absolute Gasteiger partial charge is 0.452 e. The van der Waals surface area contributed by atoms with Gasteiger partial charge in [-0.05, 0) is 44.9 Å². The van der Waals surface area contributed by atoms with Crippen LogP contribution in [0.2, 0.25) is 0 Å². The minimum absolute atomic E-state index is 0.0457. The summed E-state index contributed by atoms with van der Waals surface area (Å²) in [7, 11) is 0. The van der Waals surface area contributed by atoms with E-state index in [1.165, 1.54) is 6.92 Å². The molecule has 2 N–H and O–H groups in total. The van der Waals surface area contributed by atoms with Crippen molar-refractivity contribution in [3.05, 3.63) is 41.2 Å². The lowest BCUT2D eigenvalue weighted by Crippen LogP contribution is -2.31. The highest BCUT2D eigenvalue weighted by molar-refractivity contribution is 8.00. The van der Waals surface area contributed by atoms with Crippen LogP contribution in [-0.2, 0) is 19.1 Å². The number of thioether (sulfide) groups is 1. The van der Waals surface area contributed by atoms with Gasteiger partial charge in [-0.1, -0.05) is 17.3 Å². The minimum atomic E-state index is -0.944. The smallest absolute Gasteiger partial charge is 0.316 e. The fourth-order valence-electron chi connectivity index (χ4n) is 2.22. The van der Waals surface area contributed by atoms with E-state index < -0.39 is 18.0 Å². The first-order chi connectivity index (χ1) is 13.2. The van der Waals surface area contributed by atoms with Crippen LogP contribution in [-0.4, -0.2) is 40.6 Å². The van der Waals surface area contributed by atoms with Crippen LogP contribution < -0.4 is 10.6 Å². The summed E-state index contributed by atoms with van der Waals surface area (Å²) >= 11 is 1.08. The number of nitrogens with one attached hydrogen (secondary N) is 2. The summed E-state index contributed by atoms with van der Waals surface area (Å²) in [5.74, 6) is -0.394. The number of aromatic nitrogens is 1. The number of carbonyl (C=O) groups is 3. The van der Waals surface area contributed by atoms with E-state index >= 15 is 0 Å². The standard InChI is InChI=1S/C19H23N3O5S/c1-11-5-6-12(2)15(7-11)20-19(25)14(4)26-18(24)10-28-9-17(23)21-16-8-13(3)27-22-16/h5-8,14H,9-10H2,1-4H3,(H,20,25)(H,21,22,23)/t14-/m1/s1. The van der Waals surface area contributed by atoms with Crippen LogP contribution in [0.25, 0.3) is 0 Å². The molecule has 1 heterocycles. The molecule has 0 spiro atoms. The van der Waals surface area contributed by atoms with Crippen molar-refractivity contribution in [1.82, 2.24) is 5.16 Å². The molecule has 1 aromatic heterocycles. The van der Waals surface area contributed by atoms with Crippen LogP contribution in [0.1, 0.15) is 23.8 Å². The maximum atomic E-state index is 12.2. The zero-order valence-electron chi connectivity index (χ0n) is 16.2. The van der Waals surface area contributed by atoms with Crippen LogP contribution in [0.4, 0.5) is 11.5 Å². The molecular formula is C19H23N3O5S. The van der Waals surface area contributed by atoms with Gasteiger partial charge in [-0.2, -0.15) is 0 Å². The second-order valence-corrected chi connectivity index (χ2v) is 7.29. The molecule has 150 valence electrons. The number of carbonyl (C=O) groups excluding carboxylic acids is 3. The lowest BCUT2D eigenvalue weighted by molar-refractivity contribution is -0.150. The van der Waals surface area contributed by atoms with Crippen LogP contribution in [0.5, 0.6) is 0 Å². The average molecular weight is 405 g/mol. The maximum absolute atomic E-state index is 12.2. The van der Waals surface area contributed by atoms with Crippen molar-refractivity contribution in [3.8, 4) is 0 Å². The number of rotatable bonds is 8. The van der Waals surface area contributed by atoms with Crippen LogP contribution in [0.15, 0.2) is 28.8 Å². The Labute approximate surface area is 167 Å². The zero-order chi connectivity index (χ0) is 20.7. The minimum Gasteiger partial charge on any atom is -0.452 e. The van der Waals surface area contributed by atoms with Crippen molar-refractivity contribution in [2.24, 2.45) is 0 Å². The van der Waals surface area contributed by atoms with Crippen LogP contribution in [0, 0.1) is 20.8 Å². The molecule has 0 aliphatic heterocycles. The number of amides is 2. The lowest BCUT2D eigenvalue weighted by atomic mass is 10.1. The third kappa shape index (κ3) is 6.73. The highest BCUT2D eigenvalue weighted by Crippen LogP contribution is 2.17. The summed E-state index contributed by atoms with van der Waals surface area (Å²) in [6, 6.07) is 7.30. The van der Waals surface area contributed by atoms with E-state index in [0.717, 1.165) is 22.9 Å². The zero-order valence-corrected chi connectivity index (χ0v) is 17.0. The molecule has 0 radical (unpaired) electrons. The molecule has 2 aromatic rings. The highest BCUT2D eigenvalue weighted by atomic mass is 32.2. The van der Waals surface area contributed by atoms with Crippen LogP contribution >= 0.6 is 11.8 Å². The van der Waals surface area contributed by atoms with Crippen molar-refractivity contribution in [2.45, 2.75) is 33.8 Å². The summed E-state index contributed by atoms with van der Waals surface area (Å²) in [6.45, 7) is 7.02. The Bertz CT molecular complexity index is 865. The number of hydrogen-bond donors (Lipinski definition) is 2. The predicted molar refractivity (Wildman–Crippen MR) is 107 cm³/mol. The number of benzene rings is 1. The van der Waals surface area contributed by atoms with Crippen LogP contribution in [0.3, 0.4) is 0 Å². The first kappa shape index (κ1) is 21.5. The molecule has 0 aliphatic rings. The maximum Gasteiger partial charge on any atom is 0.316 e. The Morgan fingerprint density at radius 1 is 1.14 bits per heavy atom. The van der Waals surface area contributed by atoms with E-state index in [1.54, 1.807) is 13.0 Å². The normalized spacial score (nSPS) is 11.6. The molecule has 0 aliphatic carbocycles. The molecule has 28 heavy (non-hydrogen) atoms. The lowest BCUT2D eigenvalue weighted by Gasteiger charge is -2.15. The van der Waals surface area contributed by atoms with Gasteiger partial charge in [0.25, 0.3) is 5.91 Å². The Kier molecular flexibility index (Phi) is 7.62. The van der Waals surface area contributed by atoms with Gasteiger partial charge in [-0.25, -0.2) is 0 Å². The summed E-state index contributed by atoms with van der Waals surface area (Å²) < 4.78 is 9.97. The van der Waals surface area contributed by atoms with E-state index in [4.69, 9.17) is 9.26 Å². The van der Waals surface area contributed by atoms with E-state index in [-0.39, 0.29) is 17.4 Å². The number of nitrogens with zero attached hydrogens (tertiary/aromatic N) is 1. The predicted octanol–water partition coefficient (Wildman–Crippen LogP) is 2.84. The van der Waals surface area contributed by atoms with Crippen molar-refractivity contribution in [2.75, 3.05) is 22.1 Å². The Morgan fingerprint density at radius 3 is 2.57 bits per heavy atom. The Morgan fingerprint density at radius 2 is 1.89 bits per heavy atom. The monoisotopic (exact) mass is 405 g/mol. The first-order valence-electron chi connectivity index (χ1n) is 8.63. The second-order valence-electron chi connectivity index (χ2n) is 6.30. The summed E-state index contributed by atoms with van der Waals surface area (Å²) in [5.41, 5.74) is 2.62. The molecular weight excluding hydrogens is 382 g/mol. The third-order valence-electron chi connectivity index (χ3n) is 3.68. The van der Waals surface area contributed by atoms with Gasteiger partial charge in [0.15, 0.2) is 11.9 Å². The highest BCUT2D eigenvalue weighted by Gasteiger charge is 2.19. The Hall–Kier alpha value is -2.81. The van der Waals surface area contributed by atoms with Gasteiger partial charge < -0.3 is 19.9 Å². The molecule has 2 rings (SSSR count). The SMILES string of the molecule is Cc1ccc(C)c(NC(=O)[C@@H](C)OC(=O)CSCC(=O)Nc2cc(C)on2)c1. The number of hydrogen-bond acceptors (Lipinski definition) is 7. The van der Waals surface area contributed by atoms with Gasteiger partial charge in [0.05, 0.1) is 11.5 Å². The van der Waals surface area contributed by atoms with Gasteiger partial charge in [-0.15, -0.1) is 11.8 Å². The molecule has 0 bridgehead atoms. The Balaban J connectivity index is 1.72. The van der Waals surface area contributed by atoms with Gasteiger partial charge in [0.1, 0.15) is 5.76 Å². The first-order valence-corrected chi connectivity index (χ1v) is 9.78. The summed E-state index contributed by atoms with van der Waals surface area (Å²) in [4.78, 5) is 35.9. The van der Waals surface area contributed by atoms with Crippen molar-refractivity contribution >= 4 is 41.1 Å². The van der Waals surface area contributed by atoms with E-state index in [9.17, 15) is 14.4 Å². The molecule has 1 aromatic carbocycles. The topological polar surface area (TPSA) is 111 Å². The summed E-state index contributed by atoms with van der Waals surface area (Å²) in [5, 5.41) is 8.96. The quantitative estimate of drug-likeness (QED) is 0.650. The fourth-order valence-corrected chi connectivity index (χ4v) is 2.82. The van der Waals surface area contributed by atoms with E-state index in [1.807, 2.05) is 32.0 Å². The number of anilines is 2. The molecule has 1 atom stereocenters. The molecule has 9 heteroatoms. The van der Waals surface area contributed by atoms with Crippen molar-refractivity contribution < 1.29 is 23.6 Å². The van der Waals surface area contributed by atoms with Crippen molar-refractivity contribution in [1.29, 1.82) is 0 Å². The van der Waals surface area contributed by atoms with Gasteiger partial charge >= 0.3 is 5.97 Å². The van der Waals surface area contributed by atoms with E-state index in [0.29, 0.717) is 17.3 Å². The molecule has 8 nitrogen and oxygen atoms in total. The summed E-state index contributed by atoms with van der Waals surface area (Å²) in [6.07, 6.45) is -0.944. The molecule has 0 saturated carbocycles. The van der Waals surface area contributed by atoms with E-state index in [2.05, 4.69) is 15.8 Å². The molecule has 0 saturated heterocycles. The number of ether oxygens (including phenoxy) is 1. The molecule has 2 amide bonds. The van der Waals surface area contributed by atoms with Crippen molar-refractivity contribution in [3.63, 3.8) is 0 Å². The second kappa shape index (κ2) is 9.93. The number of aryl methyl sites for hydroxylation is 3. The average Bonchev–Trinajstić information content (AvgIpc) is 3.02. The number of esters is 1. The third-order valence-corrected chi connectivity index (χ3v) is 4.58. The van der Waals surface area contributed by atoms with Gasteiger partial charge in [0.2, 0.25) is 5.91 Å². The molecule has 0 fully saturated rings. The van der Waals surface area contributed by atoms with Gasteiger partial charge in [0, 0.05) is 11.8 Å². The van der Waals surface area contributed by atoms with Gasteiger partial charge in [-0.3, -0.25) is 14.4 Å².